The van der Waals surface area contributed by atoms with Gasteiger partial charge in [0.25, 0.3) is 10.0 Å². The SMILES string of the molecule is CC(C)N(C)Cc1ccc2c(c1)OCCC2n1cc(CC2C(=O)NC=CN2S(=O)(=O)c2ccccc2-c2ccccc2)nn1. The Morgan fingerprint density at radius 2 is 1.84 bits per heavy atom. The van der Waals surface area contributed by atoms with Crippen LogP contribution in [0.2, 0.25) is 0 Å². The number of hydrogen-bond acceptors (Lipinski definition) is 7. The molecule has 0 saturated carbocycles. The van der Waals surface area contributed by atoms with E-state index in [9.17, 15) is 13.2 Å². The van der Waals surface area contributed by atoms with Crippen LogP contribution >= 0.6 is 0 Å². The van der Waals surface area contributed by atoms with Gasteiger partial charge >= 0.3 is 0 Å². The van der Waals surface area contributed by atoms with Gasteiger partial charge in [0.1, 0.15) is 11.8 Å². The molecule has 3 heterocycles. The summed E-state index contributed by atoms with van der Waals surface area (Å²) in [5.41, 5.74) is 4.04. The zero-order valence-electron chi connectivity index (χ0n) is 25.0. The first-order valence-electron chi connectivity index (χ1n) is 14.7. The molecule has 1 aromatic heterocycles. The highest BCUT2D eigenvalue weighted by Crippen LogP contribution is 2.36. The number of nitrogens with zero attached hydrogens (tertiary/aromatic N) is 5. The predicted molar refractivity (Wildman–Crippen MR) is 167 cm³/mol. The third-order valence-electron chi connectivity index (χ3n) is 8.26. The summed E-state index contributed by atoms with van der Waals surface area (Å²) in [5, 5.41) is 11.4. The van der Waals surface area contributed by atoms with Crippen molar-refractivity contribution in [3.05, 3.63) is 108 Å². The molecule has 44 heavy (non-hydrogen) atoms. The Morgan fingerprint density at radius 3 is 2.64 bits per heavy atom. The first-order valence-corrected chi connectivity index (χ1v) is 16.2. The molecule has 2 aliphatic rings. The van der Waals surface area contributed by atoms with Crippen molar-refractivity contribution in [2.24, 2.45) is 0 Å². The van der Waals surface area contributed by atoms with Gasteiger partial charge in [-0.25, -0.2) is 13.1 Å². The van der Waals surface area contributed by atoms with E-state index in [1.807, 2.05) is 30.3 Å². The summed E-state index contributed by atoms with van der Waals surface area (Å²) in [4.78, 5) is 15.5. The van der Waals surface area contributed by atoms with Crippen molar-refractivity contribution in [2.45, 2.75) is 56.3 Å². The van der Waals surface area contributed by atoms with Gasteiger partial charge in [0, 0.05) is 55.2 Å². The molecule has 1 N–H and O–H groups in total. The molecule has 1 amide bonds. The van der Waals surface area contributed by atoms with Gasteiger partial charge in [0.2, 0.25) is 5.91 Å². The van der Waals surface area contributed by atoms with E-state index in [4.69, 9.17) is 4.74 Å². The van der Waals surface area contributed by atoms with Crippen LogP contribution in [-0.4, -0.2) is 64.3 Å². The fourth-order valence-corrected chi connectivity index (χ4v) is 7.28. The number of fused-ring (bicyclic) bond motifs is 1. The Hall–Kier alpha value is -4.48. The van der Waals surface area contributed by atoms with Gasteiger partial charge in [-0.05, 0) is 44.2 Å². The van der Waals surface area contributed by atoms with Crippen LogP contribution in [0, 0.1) is 0 Å². The van der Waals surface area contributed by atoms with E-state index in [0.717, 1.165) is 27.7 Å². The largest absolute Gasteiger partial charge is 0.493 e. The Morgan fingerprint density at radius 1 is 1.07 bits per heavy atom. The molecule has 6 rings (SSSR count). The minimum absolute atomic E-state index is 0.0550. The molecule has 3 aromatic carbocycles. The molecule has 2 unspecified atom stereocenters. The van der Waals surface area contributed by atoms with Crippen LogP contribution in [0.25, 0.3) is 11.1 Å². The monoisotopic (exact) mass is 612 g/mol. The topological polar surface area (TPSA) is 110 Å². The first kappa shape index (κ1) is 29.6. The molecule has 2 aliphatic heterocycles. The smallest absolute Gasteiger partial charge is 0.265 e. The number of hydrogen-bond donors (Lipinski definition) is 1. The van der Waals surface area contributed by atoms with E-state index < -0.39 is 22.0 Å². The maximum atomic E-state index is 14.1. The molecular formula is C33H36N6O4S. The number of ether oxygens (including phenoxy) is 1. The number of aromatic nitrogens is 3. The minimum Gasteiger partial charge on any atom is -0.493 e. The Kier molecular flexibility index (Phi) is 8.24. The zero-order valence-corrected chi connectivity index (χ0v) is 25.8. The van der Waals surface area contributed by atoms with Crippen LogP contribution in [0.4, 0.5) is 0 Å². The predicted octanol–water partition coefficient (Wildman–Crippen LogP) is 4.36. The number of carbonyl (C=O) groups is 1. The summed E-state index contributed by atoms with van der Waals surface area (Å²) in [5.74, 6) is 0.400. The lowest BCUT2D eigenvalue weighted by atomic mass is 9.98. The normalized spacial score (nSPS) is 18.3. The molecule has 0 spiro atoms. The number of nitrogens with one attached hydrogen (secondary N) is 1. The third kappa shape index (κ3) is 5.85. The molecule has 10 nitrogen and oxygen atoms in total. The van der Waals surface area contributed by atoms with E-state index in [1.54, 1.807) is 35.1 Å². The highest BCUT2D eigenvalue weighted by atomic mass is 32.2. The molecule has 2 atom stereocenters. The second kappa shape index (κ2) is 12.3. The molecule has 0 saturated heterocycles. The molecule has 4 aromatic rings. The number of amides is 1. The minimum atomic E-state index is -4.10. The van der Waals surface area contributed by atoms with Gasteiger partial charge in [0.15, 0.2) is 0 Å². The molecule has 0 aliphatic carbocycles. The number of carbonyl (C=O) groups excluding carboxylic acids is 1. The molecule has 228 valence electrons. The van der Waals surface area contributed by atoms with Crippen molar-refractivity contribution in [2.75, 3.05) is 13.7 Å². The van der Waals surface area contributed by atoms with Gasteiger partial charge in [-0.15, -0.1) is 5.10 Å². The van der Waals surface area contributed by atoms with E-state index in [2.05, 4.69) is 59.6 Å². The van der Waals surface area contributed by atoms with E-state index in [1.165, 1.54) is 18.0 Å². The van der Waals surface area contributed by atoms with Crippen molar-refractivity contribution in [1.82, 2.24) is 29.5 Å². The van der Waals surface area contributed by atoms with Gasteiger partial charge < -0.3 is 10.1 Å². The van der Waals surface area contributed by atoms with Crippen molar-refractivity contribution in [3.8, 4) is 16.9 Å². The molecule has 0 radical (unpaired) electrons. The highest BCUT2D eigenvalue weighted by Gasteiger charge is 2.37. The van der Waals surface area contributed by atoms with Crippen LogP contribution in [-0.2, 0) is 27.8 Å². The Labute approximate surface area is 258 Å². The molecule has 0 bridgehead atoms. The number of rotatable bonds is 9. The van der Waals surface area contributed by atoms with E-state index in [0.29, 0.717) is 30.3 Å². The summed E-state index contributed by atoms with van der Waals surface area (Å²) in [6.45, 7) is 5.69. The fraction of sp³-hybridized carbons (Fsp3) is 0.303. The molecule has 11 heteroatoms. The maximum Gasteiger partial charge on any atom is 0.265 e. The summed E-state index contributed by atoms with van der Waals surface area (Å²) >= 11 is 0. The summed E-state index contributed by atoms with van der Waals surface area (Å²) < 4.78 is 37.1. The van der Waals surface area contributed by atoms with Crippen molar-refractivity contribution >= 4 is 15.9 Å². The maximum absolute atomic E-state index is 14.1. The Bertz CT molecular complexity index is 1790. The van der Waals surface area contributed by atoms with Crippen LogP contribution in [0.1, 0.15) is 43.1 Å². The lowest BCUT2D eigenvalue weighted by molar-refractivity contribution is -0.124. The van der Waals surface area contributed by atoms with Gasteiger partial charge in [-0.1, -0.05) is 65.9 Å². The fourth-order valence-electron chi connectivity index (χ4n) is 5.62. The van der Waals surface area contributed by atoms with E-state index in [-0.39, 0.29) is 17.4 Å². The first-order chi connectivity index (χ1) is 21.2. The Balaban J connectivity index is 1.25. The highest BCUT2D eigenvalue weighted by molar-refractivity contribution is 7.89. The van der Waals surface area contributed by atoms with Crippen LogP contribution < -0.4 is 10.1 Å². The summed E-state index contributed by atoms with van der Waals surface area (Å²) in [6.07, 6.45) is 5.32. The standard InChI is InChI=1S/C33H36N6O4S/c1-23(2)37(3)21-24-13-14-28-29(15-18-43-31(28)19-24)38-22-26(35-36-38)20-30-33(40)34-16-17-39(30)44(41,42)32-12-8-7-11-27(32)25-9-5-4-6-10-25/h4-14,16-17,19,22-23,29-30H,15,18,20-21H2,1-3H3,(H,34,40). The lowest BCUT2D eigenvalue weighted by Gasteiger charge is -2.31. The average Bonchev–Trinajstić information content (AvgIpc) is 3.50. The lowest BCUT2D eigenvalue weighted by Crippen LogP contribution is -2.50. The molecular weight excluding hydrogens is 576 g/mol. The van der Waals surface area contributed by atoms with Gasteiger partial charge in [0.05, 0.1) is 23.2 Å². The number of benzene rings is 3. The second-order valence-electron chi connectivity index (χ2n) is 11.5. The van der Waals surface area contributed by atoms with Crippen LogP contribution in [0.3, 0.4) is 0 Å². The van der Waals surface area contributed by atoms with Gasteiger partial charge in [-0.3, -0.25) is 14.0 Å². The van der Waals surface area contributed by atoms with E-state index >= 15 is 0 Å². The average molecular weight is 613 g/mol. The molecule has 0 fully saturated rings. The van der Waals surface area contributed by atoms with Crippen LogP contribution in [0.15, 0.2) is 96.3 Å². The quantitative estimate of drug-likeness (QED) is 0.299. The summed E-state index contributed by atoms with van der Waals surface area (Å²) in [7, 11) is -2.01. The van der Waals surface area contributed by atoms with Crippen molar-refractivity contribution < 1.29 is 17.9 Å². The van der Waals surface area contributed by atoms with Crippen molar-refractivity contribution in [3.63, 3.8) is 0 Å². The third-order valence-corrected chi connectivity index (χ3v) is 10.1. The summed E-state index contributed by atoms with van der Waals surface area (Å²) in [6, 6.07) is 21.8. The zero-order chi connectivity index (χ0) is 30.8. The number of sulfonamides is 1. The van der Waals surface area contributed by atoms with Gasteiger partial charge in [-0.2, -0.15) is 0 Å². The van der Waals surface area contributed by atoms with Crippen molar-refractivity contribution in [1.29, 1.82) is 0 Å². The van der Waals surface area contributed by atoms with Crippen LogP contribution in [0.5, 0.6) is 5.75 Å². The second-order valence-corrected chi connectivity index (χ2v) is 13.3.